The molecule has 0 unspecified atom stereocenters. The summed E-state index contributed by atoms with van der Waals surface area (Å²) in [5.74, 6) is 0. The first-order chi connectivity index (χ1) is 12.2. The Bertz CT molecular complexity index is 706. The van der Waals surface area contributed by atoms with Crippen LogP contribution in [0.2, 0.25) is 0 Å². The van der Waals surface area contributed by atoms with E-state index in [2.05, 4.69) is 34.7 Å². The van der Waals surface area contributed by atoms with Gasteiger partial charge in [-0.3, -0.25) is 0 Å². The lowest BCUT2D eigenvalue weighted by molar-refractivity contribution is 0.152. The Morgan fingerprint density at radius 1 is 1.28 bits per heavy atom. The fraction of sp³-hybridized carbons (Fsp3) is 0.474. The Hall–Kier alpha value is -2.34. The van der Waals surface area contributed by atoms with Crippen LogP contribution in [0.4, 0.5) is 4.79 Å². The molecule has 6 heteroatoms. The van der Waals surface area contributed by atoms with Crippen LogP contribution in [0.5, 0.6) is 0 Å². The molecule has 25 heavy (non-hydrogen) atoms. The molecule has 2 saturated heterocycles. The minimum Gasteiger partial charge on any atom is -0.381 e. The third-order valence-corrected chi connectivity index (χ3v) is 5.31. The highest BCUT2D eigenvalue weighted by Gasteiger charge is 2.42. The largest absolute Gasteiger partial charge is 0.381 e. The van der Waals surface area contributed by atoms with Crippen molar-refractivity contribution in [3.05, 3.63) is 48.3 Å². The minimum atomic E-state index is 0.0527. The molecule has 3 heterocycles. The van der Waals surface area contributed by atoms with Crippen LogP contribution in [0.15, 0.2) is 42.7 Å². The van der Waals surface area contributed by atoms with Gasteiger partial charge in [0.1, 0.15) is 0 Å². The molecule has 1 atom stereocenters. The molecule has 1 aromatic carbocycles. The van der Waals surface area contributed by atoms with E-state index in [1.165, 1.54) is 5.56 Å². The molecule has 2 aromatic rings. The molecule has 4 rings (SSSR count). The zero-order chi connectivity index (χ0) is 17.1. The number of benzene rings is 1. The maximum Gasteiger partial charge on any atom is 0.317 e. The Morgan fingerprint density at radius 2 is 2.16 bits per heavy atom. The minimum absolute atomic E-state index is 0.0527. The van der Waals surface area contributed by atoms with Crippen LogP contribution < -0.4 is 5.32 Å². The van der Waals surface area contributed by atoms with Crippen LogP contribution in [0.25, 0.3) is 5.69 Å². The number of nitrogens with one attached hydrogen (secondary N) is 1. The van der Waals surface area contributed by atoms with Crippen LogP contribution >= 0.6 is 0 Å². The predicted molar refractivity (Wildman–Crippen MR) is 94.7 cm³/mol. The zero-order valence-corrected chi connectivity index (χ0v) is 14.4. The molecule has 1 spiro atoms. The summed E-state index contributed by atoms with van der Waals surface area (Å²) in [7, 11) is 0. The summed E-state index contributed by atoms with van der Waals surface area (Å²) in [5.41, 5.74) is 2.47. The second-order valence-corrected chi connectivity index (χ2v) is 7.07. The summed E-state index contributed by atoms with van der Waals surface area (Å²) in [6.45, 7) is 3.97. The number of urea groups is 1. The molecule has 0 radical (unpaired) electrons. The summed E-state index contributed by atoms with van der Waals surface area (Å²) in [6.07, 6.45) is 6.67. The lowest BCUT2D eigenvalue weighted by Gasteiger charge is -2.22. The maximum atomic E-state index is 12.3. The van der Waals surface area contributed by atoms with Crippen molar-refractivity contribution in [2.75, 3.05) is 32.8 Å². The summed E-state index contributed by atoms with van der Waals surface area (Å²) in [5, 5.41) is 7.27. The van der Waals surface area contributed by atoms with Gasteiger partial charge < -0.3 is 15.0 Å². The van der Waals surface area contributed by atoms with Gasteiger partial charge in [0, 0.05) is 44.0 Å². The molecule has 1 N–H and O–H groups in total. The highest BCUT2D eigenvalue weighted by atomic mass is 16.5. The smallest absolute Gasteiger partial charge is 0.317 e. The summed E-state index contributed by atoms with van der Waals surface area (Å²) < 4.78 is 7.36. The first-order valence-electron chi connectivity index (χ1n) is 8.94. The predicted octanol–water partition coefficient (Wildman–Crippen LogP) is 2.24. The van der Waals surface area contributed by atoms with Gasteiger partial charge in [0.05, 0.1) is 12.3 Å². The van der Waals surface area contributed by atoms with Crippen molar-refractivity contribution >= 4 is 6.03 Å². The summed E-state index contributed by atoms with van der Waals surface area (Å²) in [6, 6.07) is 10.2. The summed E-state index contributed by atoms with van der Waals surface area (Å²) >= 11 is 0. The number of amides is 2. The number of hydrogen-bond acceptors (Lipinski definition) is 3. The molecular weight excluding hydrogens is 316 g/mol. The Kier molecular flexibility index (Phi) is 4.44. The third kappa shape index (κ3) is 3.54. The van der Waals surface area contributed by atoms with E-state index in [0.717, 1.165) is 51.3 Å². The van der Waals surface area contributed by atoms with E-state index in [4.69, 9.17) is 4.74 Å². The number of nitrogens with zero attached hydrogens (tertiary/aromatic N) is 3. The fourth-order valence-electron chi connectivity index (χ4n) is 3.74. The molecule has 2 amide bonds. The lowest BCUT2D eigenvalue weighted by atomic mass is 9.87. The quantitative estimate of drug-likeness (QED) is 0.928. The average Bonchev–Trinajstić information content (AvgIpc) is 3.39. The van der Waals surface area contributed by atoms with Crippen molar-refractivity contribution in [2.24, 2.45) is 5.41 Å². The molecular formula is C19H24N4O2. The third-order valence-electron chi connectivity index (χ3n) is 5.31. The van der Waals surface area contributed by atoms with Crippen molar-refractivity contribution in [3.63, 3.8) is 0 Å². The summed E-state index contributed by atoms with van der Waals surface area (Å²) in [4.78, 5) is 14.3. The van der Waals surface area contributed by atoms with Crippen molar-refractivity contribution in [3.8, 4) is 5.69 Å². The Labute approximate surface area is 147 Å². The number of carbonyl (C=O) groups excluding carboxylic acids is 1. The van der Waals surface area contributed by atoms with Crippen LogP contribution in [-0.2, 0) is 11.2 Å². The van der Waals surface area contributed by atoms with E-state index in [9.17, 15) is 4.79 Å². The molecule has 2 aliphatic rings. The first-order valence-corrected chi connectivity index (χ1v) is 8.94. The lowest BCUT2D eigenvalue weighted by Crippen LogP contribution is -2.40. The van der Waals surface area contributed by atoms with E-state index in [1.807, 2.05) is 21.8 Å². The number of likely N-dealkylation sites (tertiary alicyclic amines) is 1. The van der Waals surface area contributed by atoms with Crippen molar-refractivity contribution in [2.45, 2.75) is 19.3 Å². The van der Waals surface area contributed by atoms with Crippen molar-refractivity contribution < 1.29 is 9.53 Å². The Morgan fingerprint density at radius 3 is 2.88 bits per heavy atom. The first kappa shape index (κ1) is 16.1. The molecule has 2 aliphatic heterocycles. The second kappa shape index (κ2) is 6.88. The molecule has 0 aliphatic carbocycles. The van der Waals surface area contributed by atoms with Gasteiger partial charge >= 0.3 is 6.03 Å². The standard InChI is InChI=1S/C19H24N4O2/c24-18(22-12-7-19(14-22)8-13-25-15-19)20-10-6-16-2-4-17(5-3-16)23-11-1-9-21-23/h1-5,9,11H,6-8,10,12-15H2,(H,20,24)/t19-/m1/s1. The number of hydrogen-bond donors (Lipinski definition) is 1. The number of ether oxygens (including phenoxy) is 1. The SMILES string of the molecule is O=C(NCCc1ccc(-n2cccn2)cc1)N1CC[C@@]2(CCOC2)C1. The molecule has 2 fully saturated rings. The van der Waals surface area contributed by atoms with Gasteiger partial charge in [-0.15, -0.1) is 0 Å². The van der Waals surface area contributed by atoms with E-state index in [-0.39, 0.29) is 11.4 Å². The van der Waals surface area contributed by atoms with E-state index in [0.29, 0.717) is 6.54 Å². The molecule has 0 saturated carbocycles. The van der Waals surface area contributed by atoms with Crippen LogP contribution in [0.3, 0.4) is 0 Å². The topological polar surface area (TPSA) is 59.4 Å². The molecule has 6 nitrogen and oxygen atoms in total. The van der Waals surface area contributed by atoms with Crippen LogP contribution in [-0.4, -0.2) is 53.6 Å². The molecule has 132 valence electrons. The maximum absolute atomic E-state index is 12.3. The van der Waals surface area contributed by atoms with E-state index in [1.54, 1.807) is 6.20 Å². The highest BCUT2D eigenvalue weighted by molar-refractivity contribution is 5.74. The fourth-order valence-corrected chi connectivity index (χ4v) is 3.74. The van der Waals surface area contributed by atoms with Crippen LogP contribution in [0, 0.1) is 5.41 Å². The zero-order valence-electron chi connectivity index (χ0n) is 14.4. The highest BCUT2D eigenvalue weighted by Crippen LogP contribution is 2.38. The number of rotatable bonds is 4. The number of aromatic nitrogens is 2. The molecule has 0 bridgehead atoms. The normalized spacial score (nSPS) is 22.6. The van der Waals surface area contributed by atoms with Gasteiger partial charge in [-0.2, -0.15) is 5.10 Å². The van der Waals surface area contributed by atoms with Gasteiger partial charge in [0.2, 0.25) is 0 Å². The van der Waals surface area contributed by atoms with Crippen molar-refractivity contribution in [1.82, 2.24) is 20.0 Å². The van der Waals surface area contributed by atoms with Gasteiger partial charge in [-0.1, -0.05) is 12.1 Å². The van der Waals surface area contributed by atoms with E-state index < -0.39 is 0 Å². The second-order valence-electron chi connectivity index (χ2n) is 7.07. The Balaban J connectivity index is 1.24. The van der Waals surface area contributed by atoms with E-state index >= 15 is 0 Å². The van der Waals surface area contributed by atoms with Crippen LogP contribution in [0.1, 0.15) is 18.4 Å². The average molecular weight is 340 g/mol. The number of carbonyl (C=O) groups is 1. The van der Waals surface area contributed by atoms with Crippen molar-refractivity contribution in [1.29, 1.82) is 0 Å². The van der Waals surface area contributed by atoms with Gasteiger partial charge in [0.25, 0.3) is 0 Å². The monoisotopic (exact) mass is 340 g/mol. The van der Waals surface area contributed by atoms with Gasteiger partial charge in [0.15, 0.2) is 0 Å². The molecule has 1 aromatic heterocycles. The van der Waals surface area contributed by atoms with Gasteiger partial charge in [-0.05, 0) is 43.0 Å². The van der Waals surface area contributed by atoms with Gasteiger partial charge in [-0.25, -0.2) is 9.48 Å².